The Morgan fingerprint density at radius 3 is 2.38 bits per heavy atom. The molecule has 1 aromatic heterocycles. The molecule has 0 radical (unpaired) electrons. The fourth-order valence-corrected chi connectivity index (χ4v) is 2.14. The van der Waals surface area contributed by atoms with Crippen LogP contribution in [-0.4, -0.2) is 16.6 Å². The quantitative estimate of drug-likeness (QED) is 0.699. The summed E-state index contributed by atoms with van der Waals surface area (Å²) in [4.78, 5) is 8.28. The van der Waals surface area contributed by atoms with E-state index in [9.17, 15) is 4.39 Å². The van der Waals surface area contributed by atoms with Crippen molar-refractivity contribution in [2.45, 2.75) is 6.92 Å². The average Bonchev–Trinajstić information content (AvgIpc) is 2.59. The number of nitrogens with one attached hydrogen (secondary N) is 2. The van der Waals surface area contributed by atoms with E-state index in [0.29, 0.717) is 23.9 Å². The molecule has 0 aliphatic rings. The summed E-state index contributed by atoms with van der Waals surface area (Å²) >= 11 is 0. The number of aromatic nitrogens is 2. The molecular formula is C18H17FN4O. The Hall–Kier alpha value is -3.15. The zero-order valence-corrected chi connectivity index (χ0v) is 13.2. The van der Waals surface area contributed by atoms with Gasteiger partial charge in [0.05, 0.1) is 12.3 Å². The normalized spacial score (nSPS) is 10.2. The van der Waals surface area contributed by atoms with E-state index >= 15 is 0 Å². The van der Waals surface area contributed by atoms with Gasteiger partial charge in [-0.25, -0.2) is 14.4 Å². The lowest BCUT2D eigenvalue weighted by Gasteiger charge is -2.10. The highest BCUT2D eigenvalue weighted by Crippen LogP contribution is 2.22. The van der Waals surface area contributed by atoms with Crippen LogP contribution in [0, 0.1) is 5.82 Å². The Morgan fingerprint density at radius 1 is 0.958 bits per heavy atom. The van der Waals surface area contributed by atoms with E-state index in [1.54, 1.807) is 24.3 Å². The third kappa shape index (κ3) is 3.98. The lowest BCUT2D eigenvalue weighted by Crippen LogP contribution is -1.99. The molecule has 0 fully saturated rings. The maximum Gasteiger partial charge on any atom is 0.146 e. The highest BCUT2D eigenvalue weighted by Gasteiger charge is 2.04. The van der Waals surface area contributed by atoms with Gasteiger partial charge in [-0.3, -0.25) is 0 Å². The van der Waals surface area contributed by atoms with Gasteiger partial charge in [0.15, 0.2) is 0 Å². The lowest BCUT2D eigenvalue weighted by molar-refractivity contribution is 0.340. The second-order valence-corrected chi connectivity index (χ2v) is 4.98. The number of anilines is 4. The molecule has 3 aromatic rings. The van der Waals surface area contributed by atoms with Crippen molar-refractivity contribution in [2.75, 3.05) is 17.2 Å². The summed E-state index contributed by atoms with van der Waals surface area (Å²) in [6, 6.07) is 15.7. The summed E-state index contributed by atoms with van der Waals surface area (Å²) in [5, 5.41) is 6.11. The van der Waals surface area contributed by atoms with E-state index in [1.165, 1.54) is 12.4 Å². The van der Waals surface area contributed by atoms with Gasteiger partial charge in [0.1, 0.15) is 29.5 Å². The van der Waals surface area contributed by atoms with Crippen molar-refractivity contribution in [1.82, 2.24) is 9.97 Å². The Bertz CT molecular complexity index is 808. The summed E-state index contributed by atoms with van der Waals surface area (Å²) in [5.41, 5.74) is 1.23. The van der Waals surface area contributed by atoms with E-state index in [2.05, 4.69) is 20.6 Å². The number of benzene rings is 2. The molecule has 0 unspecified atom stereocenters. The summed E-state index contributed by atoms with van der Waals surface area (Å²) in [7, 11) is 0. The monoisotopic (exact) mass is 324 g/mol. The van der Waals surface area contributed by atoms with Gasteiger partial charge in [-0.2, -0.15) is 0 Å². The van der Waals surface area contributed by atoms with Gasteiger partial charge in [-0.1, -0.05) is 12.1 Å². The first kappa shape index (κ1) is 15.7. The summed E-state index contributed by atoms with van der Waals surface area (Å²) in [5.74, 6) is 1.58. The van der Waals surface area contributed by atoms with Gasteiger partial charge in [-0.05, 0) is 43.3 Å². The molecular weight excluding hydrogens is 307 g/mol. The van der Waals surface area contributed by atoms with Crippen molar-refractivity contribution in [3.63, 3.8) is 0 Å². The largest absolute Gasteiger partial charge is 0.494 e. The van der Waals surface area contributed by atoms with Gasteiger partial charge in [0, 0.05) is 11.8 Å². The molecule has 24 heavy (non-hydrogen) atoms. The molecule has 0 saturated carbocycles. The van der Waals surface area contributed by atoms with E-state index in [0.717, 1.165) is 11.4 Å². The van der Waals surface area contributed by atoms with Crippen molar-refractivity contribution >= 4 is 23.0 Å². The highest BCUT2D eigenvalue weighted by molar-refractivity contribution is 5.63. The molecule has 0 atom stereocenters. The molecule has 0 spiro atoms. The van der Waals surface area contributed by atoms with Gasteiger partial charge < -0.3 is 15.4 Å². The van der Waals surface area contributed by atoms with Crippen LogP contribution in [0.4, 0.5) is 27.4 Å². The first-order valence-corrected chi connectivity index (χ1v) is 7.58. The van der Waals surface area contributed by atoms with Gasteiger partial charge in [0.2, 0.25) is 0 Å². The van der Waals surface area contributed by atoms with Gasteiger partial charge in [-0.15, -0.1) is 0 Å². The standard InChI is InChI=1S/C18H17FN4O/c1-2-24-14-9-7-13(8-10-14)22-17-11-18(21-12-20-17)23-16-6-4-3-5-15(16)19/h3-12H,2H2,1H3,(H2,20,21,22,23). The van der Waals surface area contributed by atoms with E-state index in [4.69, 9.17) is 4.74 Å². The first-order valence-electron chi connectivity index (χ1n) is 7.58. The molecule has 2 N–H and O–H groups in total. The Kier molecular flexibility index (Phi) is 4.86. The van der Waals surface area contributed by atoms with Crippen molar-refractivity contribution in [3.05, 3.63) is 66.7 Å². The number of hydrogen-bond acceptors (Lipinski definition) is 5. The predicted molar refractivity (Wildman–Crippen MR) is 92.6 cm³/mol. The summed E-state index contributed by atoms with van der Waals surface area (Å²) in [6.07, 6.45) is 1.42. The van der Waals surface area contributed by atoms with Crippen LogP contribution in [0.3, 0.4) is 0 Å². The second kappa shape index (κ2) is 7.41. The van der Waals surface area contributed by atoms with Crippen LogP contribution < -0.4 is 15.4 Å². The second-order valence-electron chi connectivity index (χ2n) is 4.98. The Balaban J connectivity index is 1.72. The smallest absolute Gasteiger partial charge is 0.146 e. The zero-order valence-electron chi connectivity index (χ0n) is 13.2. The molecule has 6 heteroatoms. The lowest BCUT2D eigenvalue weighted by atomic mass is 10.3. The van der Waals surface area contributed by atoms with E-state index in [1.807, 2.05) is 31.2 Å². The molecule has 5 nitrogen and oxygen atoms in total. The molecule has 0 amide bonds. The Morgan fingerprint density at radius 2 is 1.67 bits per heavy atom. The van der Waals surface area contributed by atoms with Crippen LogP contribution in [0.15, 0.2) is 60.9 Å². The van der Waals surface area contributed by atoms with Gasteiger partial charge >= 0.3 is 0 Å². The fraction of sp³-hybridized carbons (Fsp3) is 0.111. The van der Waals surface area contributed by atoms with Crippen molar-refractivity contribution < 1.29 is 9.13 Å². The average molecular weight is 324 g/mol. The summed E-state index contributed by atoms with van der Waals surface area (Å²) < 4.78 is 19.1. The molecule has 0 bridgehead atoms. The highest BCUT2D eigenvalue weighted by atomic mass is 19.1. The fourth-order valence-electron chi connectivity index (χ4n) is 2.14. The minimum absolute atomic E-state index is 0.336. The number of ether oxygens (including phenoxy) is 1. The molecule has 0 saturated heterocycles. The van der Waals surface area contributed by atoms with E-state index in [-0.39, 0.29) is 5.82 Å². The third-order valence-electron chi connectivity index (χ3n) is 3.24. The van der Waals surface area contributed by atoms with Crippen molar-refractivity contribution in [2.24, 2.45) is 0 Å². The maximum absolute atomic E-state index is 13.7. The van der Waals surface area contributed by atoms with Crippen molar-refractivity contribution in [3.8, 4) is 5.75 Å². The number of hydrogen-bond donors (Lipinski definition) is 2. The first-order chi connectivity index (χ1) is 11.7. The number of nitrogens with zero attached hydrogens (tertiary/aromatic N) is 2. The number of rotatable bonds is 6. The molecule has 1 heterocycles. The van der Waals surface area contributed by atoms with Crippen LogP contribution in [0.2, 0.25) is 0 Å². The predicted octanol–water partition coefficient (Wildman–Crippen LogP) is 4.50. The molecule has 2 aromatic carbocycles. The molecule has 3 rings (SSSR count). The van der Waals surface area contributed by atoms with Crippen LogP contribution in [0.25, 0.3) is 0 Å². The third-order valence-corrected chi connectivity index (χ3v) is 3.24. The SMILES string of the molecule is CCOc1ccc(Nc2cc(Nc3ccccc3F)ncn2)cc1. The topological polar surface area (TPSA) is 59.1 Å². The van der Waals surface area contributed by atoms with Crippen LogP contribution >= 0.6 is 0 Å². The zero-order chi connectivity index (χ0) is 16.8. The van der Waals surface area contributed by atoms with Crippen LogP contribution in [0.1, 0.15) is 6.92 Å². The molecule has 122 valence electrons. The van der Waals surface area contributed by atoms with Gasteiger partial charge in [0.25, 0.3) is 0 Å². The summed E-state index contributed by atoms with van der Waals surface area (Å²) in [6.45, 7) is 2.57. The minimum Gasteiger partial charge on any atom is -0.494 e. The molecule has 0 aliphatic carbocycles. The van der Waals surface area contributed by atoms with Crippen LogP contribution in [0.5, 0.6) is 5.75 Å². The molecule has 0 aliphatic heterocycles. The minimum atomic E-state index is -0.336. The van der Waals surface area contributed by atoms with E-state index < -0.39 is 0 Å². The number of para-hydroxylation sites is 1. The van der Waals surface area contributed by atoms with Crippen molar-refractivity contribution in [1.29, 1.82) is 0 Å². The van der Waals surface area contributed by atoms with Crippen LogP contribution in [-0.2, 0) is 0 Å². The maximum atomic E-state index is 13.7. The Labute approximate surface area is 139 Å². The number of halogens is 1.